The van der Waals surface area contributed by atoms with Crippen molar-refractivity contribution >= 4 is 0 Å². The highest BCUT2D eigenvalue weighted by Gasteiger charge is 1.92. The molecule has 0 saturated carbocycles. The Morgan fingerprint density at radius 3 is 2.44 bits per heavy atom. The Kier molecular flexibility index (Phi) is 5.99. The lowest BCUT2D eigenvalue weighted by Crippen LogP contribution is -2.38. The van der Waals surface area contributed by atoms with Crippen LogP contribution in [0.25, 0.3) is 0 Å². The lowest BCUT2D eigenvalue weighted by Gasteiger charge is -2.10. The average Bonchev–Trinajstić information content (AvgIpc) is 1.89. The molecular formula is C7H18N2. The van der Waals surface area contributed by atoms with Crippen molar-refractivity contribution in [1.82, 2.24) is 10.9 Å². The first-order valence-corrected chi connectivity index (χ1v) is 3.79. The maximum Gasteiger partial charge on any atom is 0.0182 e. The third-order valence-corrected chi connectivity index (χ3v) is 1.34. The number of hydrogen-bond acceptors (Lipinski definition) is 2. The van der Waals surface area contributed by atoms with Gasteiger partial charge in [-0.2, -0.15) is 0 Å². The van der Waals surface area contributed by atoms with Gasteiger partial charge >= 0.3 is 0 Å². The van der Waals surface area contributed by atoms with Gasteiger partial charge in [-0.15, -0.1) is 0 Å². The van der Waals surface area contributed by atoms with Gasteiger partial charge in [0.15, 0.2) is 0 Å². The summed E-state index contributed by atoms with van der Waals surface area (Å²) in [6.45, 7) is 7.56. The van der Waals surface area contributed by atoms with E-state index in [-0.39, 0.29) is 0 Å². The van der Waals surface area contributed by atoms with E-state index in [0.717, 1.165) is 6.54 Å². The van der Waals surface area contributed by atoms with Gasteiger partial charge in [0.1, 0.15) is 0 Å². The zero-order valence-electron chi connectivity index (χ0n) is 6.70. The quantitative estimate of drug-likeness (QED) is 0.433. The first-order chi connectivity index (χ1) is 4.31. The minimum absolute atomic E-state index is 0.594. The standard InChI is InChI=1S/C7H18N2/c1-4-6-8-9-7(3)5-2/h7-9H,4-6H2,1-3H3. The first kappa shape index (κ1) is 8.92. The molecule has 0 rings (SSSR count). The van der Waals surface area contributed by atoms with E-state index in [1.165, 1.54) is 12.8 Å². The fourth-order valence-corrected chi connectivity index (χ4v) is 0.473. The smallest absolute Gasteiger partial charge is 0.0182 e. The van der Waals surface area contributed by atoms with E-state index in [0.29, 0.717) is 6.04 Å². The highest BCUT2D eigenvalue weighted by Crippen LogP contribution is 1.83. The Labute approximate surface area is 58.0 Å². The fraction of sp³-hybridized carbons (Fsp3) is 1.00. The molecule has 9 heavy (non-hydrogen) atoms. The van der Waals surface area contributed by atoms with Gasteiger partial charge in [-0.25, -0.2) is 0 Å². The molecule has 2 N–H and O–H groups in total. The molecule has 0 radical (unpaired) electrons. The van der Waals surface area contributed by atoms with Crippen LogP contribution in [-0.4, -0.2) is 12.6 Å². The molecule has 0 heterocycles. The van der Waals surface area contributed by atoms with Crippen molar-refractivity contribution < 1.29 is 0 Å². The summed E-state index contributed by atoms with van der Waals surface area (Å²) < 4.78 is 0. The van der Waals surface area contributed by atoms with Gasteiger partial charge in [0.05, 0.1) is 0 Å². The Hall–Kier alpha value is -0.0800. The van der Waals surface area contributed by atoms with Gasteiger partial charge in [-0.05, 0) is 19.8 Å². The molecule has 2 nitrogen and oxygen atoms in total. The van der Waals surface area contributed by atoms with E-state index in [9.17, 15) is 0 Å². The van der Waals surface area contributed by atoms with E-state index in [2.05, 4.69) is 31.6 Å². The third kappa shape index (κ3) is 5.80. The van der Waals surface area contributed by atoms with Crippen LogP contribution in [0.2, 0.25) is 0 Å². The lowest BCUT2D eigenvalue weighted by molar-refractivity contribution is 0.441. The fourth-order valence-electron chi connectivity index (χ4n) is 0.473. The SMILES string of the molecule is CCCNNC(C)CC. The molecule has 1 unspecified atom stereocenters. The van der Waals surface area contributed by atoms with Crippen LogP contribution >= 0.6 is 0 Å². The van der Waals surface area contributed by atoms with Crippen LogP contribution in [0.15, 0.2) is 0 Å². The van der Waals surface area contributed by atoms with Crippen molar-refractivity contribution in [3.8, 4) is 0 Å². The maximum atomic E-state index is 3.18. The van der Waals surface area contributed by atoms with Gasteiger partial charge in [0.25, 0.3) is 0 Å². The number of hydrazine groups is 1. The molecule has 0 aromatic carbocycles. The van der Waals surface area contributed by atoms with Crippen LogP contribution in [0.5, 0.6) is 0 Å². The van der Waals surface area contributed by atoms with E-state index in [1.807, 2.05) is 0 Å². The Bertz CT molecular complexity index is 54.9. The molecule has 0 aliphatic carbocycles. The van der Waals surface area contributed by atoms with Crippen molar-refractivity contribution in [3.05, 3.63) is 0 Å². The summed E-state index contributed by atoms with van der Waals surface area (Å²) in [4.78, 5) is 0. The van der Waals surface area contributed by atoms with E-state index in [4.69, 9.17) is 0 Å². The van der Waals surface area contributed by atoms with Gasteiger partial charge in [-0.3, -0.25) is 10.9 Å². The van der Waals surface area contributed by atoms with Gasteiger partial charge in [0.2, 0.25) is 0 Å². The number of rotatable bonds is 5. The maximum absolute atomic E-state index is 3.18. The first-order valence-electron chi connectivity index (χ1n) is 3.79. The predicted molar refractivity (Wildman–Crippen MR) is 41.2 cm³/mol. The van der Waals surface area contributed by atoms with Crippen LogP contribution in [-0.2, 0) is 0 Å². The number of nitrogens with one attached hydrogen (secondary N) is 2. The topological polar surface area (TPSA) is 24.1 Å². The molecule has 1 atom stereocenters. The second-order valence-electron chi connectivity index (χ2n) is 2.38. The largest absolute Gasteiger partial charge is 0.258 e. The normalized spacial score (nSPS) is 13.7. The second-order valence-corrected chi connectivity index (χ2v) is 2.38. The minimum Gasteiger partial charge on any atom is -0.258 e. The van der Waals surface area contributed by atoms with Crippen LogP contribution in [0.1, 0.15) is 33.6 Å². The van der Waals surface area contributed by atoms with Crippen LogP contribution in [0.3, 0.4) is 0 Å². The molecular weight excluding hydrogens is 112 g/mol. The van der Waals surface area contributed by atoms with Crippen LogP contribution in [0, 0.1) is 0 Å². The zero-order valence-corrected chi connectivity index (χ0v) is 6.70. The zero-order chi connectivity index (χ0) is 7.11. The minimum atomic E-state index is 0.594. The number of hydrogen-bond donors (Lipinski definition) is 2. The van der Waals surface area contributed by atoms with Crippen LogP contribution in [0.4, 0.5) is 0 Å². The molecule has 0 aromatic heterocycles. The van der Waals surface area contributed by atoms with Gasteiger partial charge in [-0.1, -0.05) is 13.8 Å². The third-order valence-electron chi connectivity index (χ3n) is 1.34. The molecule has 0 aliphatic rings. The summed E-state index contributed by atoms with van der Waals surface area (Å²) in [5, 5.41) is 0. The van der Waals surface area contributed by atoms with Crippen molar-refractivity contribution in [2.24, 2.45) is 0 Å². The van der Waals surface area contributed by atoms with Gasteiger partial charge < -0.3 is 0 Å². The molecule has 0 amide bonds. The molecule has 0 aliphatic heterocycles. The van der Waals surface area contributed by atoms with Crippen molar-refractivity contribution in [3.63, 3.8) is 0 Å². The molecule has 0 fully saturated rings. The van der Waals surface area contributed by atoms with Crippen molar-refractivity contribution in [1.29, 1.82) is 0 Å². The highest BCUT2D eigenvalue weighted by atomic mass is 15.4. The molecule has 2 heteroatoms. The van der Waals surface area contributed by atoms with Crippen molar-refractivity contribution in [2.45, 2.75) is 39.7 Å². The molecule has 0 saturated heterocycles. The molecule has 56 valence electrons. The summed E-state index contributed by atoms with van der Waals surface area (Å²) >= 11 is 0. The summed E-state index contributed by atoms with van der Waals surface area (Å²) in [6.07, 6.45) is 2.36. The van der Waals surface area contributed by atoms with E-state index >= 15 is 0 Å². The monoisotopic (exact) mass is 130 g/mol. The summed E-state index contributed by atoms with van der Waals surface area (Å²) in [7, 11) is 0. The highest BCUT2D eigenvalue weighted by molar-refractivity contribution is 4.51. The van der Waals surface area contributed by atoms with E-state index in [1.54, 1.807) is 0 Å². The Morgan fingerprint density at radius 2 is 2.00 bits per heavy atom. The summed E-state index contributed by atoms with van der Waals surface area (Å²) in [6, 6.07) is 0.594. The average molecular weight is 130 g/mol. The van der Waals surface area contributed by atoms with Crippen LogP contribution < -0.4 is 10.9 Å². The molecule has 0 spiro atoms. The molecule has 0 bridgehead atoms. The lowest BCUT2D eigenvalue weighted by atomic mass is 10.3. The Balaban J connectivity index is 2.88. The second kappa shape index (κ2) is 6.05. The predicted octanol–water partition coefficient (Wildman–Crippen LogP) is 1.29. The van der Waals surface area contributed by atoms with Gasteiger partial charge in [0, 0.05) is 12.6 Å². The summed E-state index contributed by atoms with van der Waals surface area (Å²) in [5.41, 5.74) is 6.32. The Morgan fingerprint density at radius 1 is 1.33 bits per heavy atom. The molecule has 0 aromatic rings. The summed E-state index contributed by atoms with van der Waals surface area (Å²) in [5.74, 6) is 0. The van der Waals surface area contributed by atoms with E-state index < -0.39 is 0 Å². The van der Waals surface area contributed by atoms with Crippen molar-refractivity contribution in [2.75, 3.05) is 6.54 Å².